The van der Waals surface area contributed by atoms with Crippen LogP contribution in [-0.4, -0.2) is 17.4 Å². The molecule has 1 amide bonds. The first-order chi connectivity index (χ1) is 13.9. The number of likely N-dealkylation sites (tertiary alicyclic amines) is 1. The molecule has 0 saturated carbocycles. The lowest BCUT2D eigenvalue weighted by Gasteiger charge is -2.36. The molecule has 3 aliphatic carbocycles. The van der Waals surface area contributed by atoms with E-state index in [1.807, 2.05) is 4.90 Å². The monoisotopic (exact) mass is 391 g/mol. The van der Waals surface area contributed by atoms with Gasteiger partial charge in [0.1, 0.15) is 0 Å². The van der Waals surface area contributed by atoms with E-state index in [1.165, 1.54) is 17.2 Å². The Kier molecular flexibility index (Phi) is 4.19. The Balaban J connectivity index is 1.26. The number of allylic oxidation sites excluding steroid dienone is 9. The quantitative estimate of drug-likeness (QED) is 0.659. The van der Waals surface area contributed by atoms with Crippen molar-refractivity contribution >= 4 is 5.91 Å². The molecule has 4 heteroatoms. The maximum Gasteiger partial charge on any atom is 0.227 e. The van der Waals surface area contributed by atoms with Crippen molar-refractivity contribution in [2.45, 2.75) is 32.1 Å². The Morgan fingerprint density at radius 2 is 1.97 bits per heavy atom. The van der Waals surface area contributed by atoms with E-state index in [4.69, 9.17) is 0 Å². The summed E-state index contributed by atoms with van der Waals surface area (Å²) in [6.07, 6.45) is 17.3. The first-order valence-corrected chi connectivity index (χ1v) is 10.2. The van der Waals surface area contributed by atoms with Gasteiger partial charge in [-0.05, 0) is 53.7 Å². The van der Waals surface area contributed by atoms with Crippen LogP contribution in [0.2, 0.25) is 0 Å². The van der Waals surface area contributed by atoms with E-state index < -0.39 is 11.6 Å². The second-order valence-corrected chi connectivity index (χ2v) is 8.64. The Morgan fingerprint density at radius 3 is 2.66 bits per heavy atom. The van der Waals surface area contributed by atoms with E-state index in [2.05, 4.69) is 49.5 Å². The molecule has 2 nitrogen and oxygen atoms in total. The van der Waals surface area contributed by atoms with Gasteiger partial charge in [-0.3, -0.25) is 4.79 Å². The number of fused-ring (bicyclic) bond motifs is 1. The van der Waals surface area contributed by atoms with E-state index in [0.29, 0.717) is 24.4 Å². The number of hydrogen-bond donors (Lipinski definition) is 0. The van der Waals surface area contributed by atoms with Gasteiger partial charge < -0.3 is 4.90 Å². The summed E-state index contributed by atoms with van der Waals surface area (Å²) in [6.45, 7) is 2.82. The molecule has 1 fully saturated rings. The molecule has 0 spiro atoms. The van der Waals surface area contributed by atoms with Gasteiger partial charge in [-0.1, -0.05) is 49.4 Å². The topological polar surface area (TPSA) is 20.3 Å². The van der Waals surface area contributed by atoms with Crippen LogP contribution in [0.15, 0.2) is 77.6 Å². The highest BCUT2D eigenvalue weighted by Gasteiger charge is 2.34. The van der Waals surface area contributed by atoms with Crippen molar-refractivity contribution < 1.29 is 13.6 Å². The van der Waals surface area contributed by atoms with Crippen LogP contribution < -0.4 is 0 Å². The molecule has 1 heterocycles. The fourth-order valence-electron chi connectivity index (χ4n) is 4.58. The van der Waals surface area contributed by atoms with Crippen molar-refractivity contribution in [3.8, 4) is 0 Å². The van der Waals surface area contributed by atoms with Crippen LogP contribution in [0.5, 0.6) is 0 Å². The van der Waals surface area contributed by atoms with Crippen LogP contribution in [0.1, 0.15) is 37.7 Å². The number of benzene rings is 1. The van der Waals surface area contributed by atoms with Crippen molar-refractivity contribution in [1.82, 2.24) is 4.90 Å². The molecule has 29 heavy (non-hydrogen) atoms. The van der Waals surface area contributed by atoms with Gasteiger partial charge >= 0.3 is 0 Å². The number of hydrogen-bond acceptors (Lipinski definition) is 1. The number of piperidine rings is 1. The first-order valence-electron chi connectivity index (χ1n) is 10.2. The minimum atomic E-state index is -0.853. The number of amides is 1. The first kappa shape index (κ1) is 18.3. The Morgan fingerprint density at radius 1 is 1.10 bits per heavy atom. The van der Waals surface area contributed by atoms with E-state index in [0.717, 1.165) is 24.6 Å². The van der Waals surface area contributed by atoms with Crippen LogP contribution >= 0.6 is 0 Å². The van der Waals surface area contributed by atoms with E-state index in [9.17, 15) is 13.6 Å². The second kappa shape index (κ2) is 6.65. The standard InChI is InChI=1S/C25H23F2NO/c1-25(20-4-2-16-12-19(16)13-20)9-6-21(7-10-25)28-11-8-18(15-24(28)29)17-3-5-22(26)23(27)14-17/h2-7,9,12-14,18-19H,8,10-11,15H2,1H3. The SMILES string of the molecule is CC1(C2=CC3C=C3C=C2)C=CC(N2CCC(c3ccc(F)c(F)c3)CC2=O)=CC1. The summed E-state index contributed by atoms with van der Waals surface area (Å²) >= 11 is 0. The van der Waals surface area contributed by atoms with Crippen molar-refractivity contribution in [3.05, 3.63) is 94.8 Å². The fraction of sp³-hybridized carbons (Fsp3) is 0.320. The summed E-state index contributed by atoms with van der Waals surface area (Å²) in [5, 5.41) is 0. The predicted molar refractivity (Wildman–Crippen MR) is 109 cm³/mol. The molecule has 1 aromatic rings. The number of halogens is 2. The number of carbonyl (C=O) groups excluding carboxylic acids is 1. The largest absolute Gasteiger partial charge is 0.313 e. The number of nitrogens with zero attached hydrogens (tertiary/aromatic N) is 1. The van der Waals surface area contributed by atoms with Gasteiger partial charge in [-0.2, -0.15) is 0 Å². The molecule has 1 aliphatic heterocycles. The van der Waals surface area contributed by atoms with Crippen LogP contribution in [0.4, 0.5) is 8.78 Å². The van der Waals surface area contributed by atoms with Gasteiger partial charge in [0.05, 0.1) is 0 Å². The lowest BCUT2D eigenvalue weighted by atomic mass is 9.74. The normalized spacial score (nSPS) is 30.5. The molecule has 0 bridgehead atoms. The Bertz CT molecular complexity index is 1040. The molecule has 0 aromatic heterocycles. The summed E-state index contributed by atoms with van der Waals surface area (Å²) in [5.41, 5.74) is 4.33. The van der Waals surface area contributed by atoms with Crippen LogP contribution in [0, 0.1) is 23.0 Å². The Labute approximate surface area is 169 Å². The molecule has 1 aromatic carbocycles. The van der Waals surface area contributed by atoms with E-state index in [-0.39, 0.29) is 17.2 Å². The highest BCUT2D eigenvalue weighted by molar-refractivity contribution is 5.80. The van der Waals surface area contributed by atoms with Crippen molar-refractivity contribution in [3.63, 3.8) is 0 Å². The van der Waals surface area contributed by atoms with Gasteiger partial charge in [0.15, 0.2) is 11.6 Å². The minimum Gasteiger partial charge on any atom is -0.313 e. The second-order valence-electron chi connectivity index (χ2n) is 8.64. The summed E-state index contributed by atoms with van der Waals surface area (Å²) in [4.78, 5) is 14.6. The average molecular weight is 391 g/mol. The number of rotatable bonds is 3. The zero-order valence-electron chi connectivity index (χ0n) is 16.4. The average Bonchev–Trinajstić information content (AvgIpc) is 3.50. The smallest absolute Gasteiger partial charge is 0.227 e. The highest BCUT2D eigenvalue weighted by Crippen LogP contribution is 2.45. The van der Waals surface area contributed by atoms with Crippen LogP contribution in [-0.2, 0) is 4.79 Å². The molecule has 4 aliphatic rings. The van der Waals surface area contributed by atoms with Gasteiger partial charge in [0.25, 0.3) is 0 Å². The van der Waals surface area contributed by atoms with E-state index >= 15 is 0 Å². The van der Waals surface area contributed by atoms with Gasteiger partial charge in [-0.15, -0.1) is 0 Å². The predicted octanol–water partition coefficient (Wildman–Crippen LogP) is 5.57. The van der Waals surface area contributed by atoms with Crippen molar-refractivity contribution in [2.24, 2.45) is 11.3 Å². The fourth-order valence-corrected chi connectivity index (χ4v) is 4.58. The third-order valence-corrected chi connectivity index (χ3v) is 6.63. The summed E-state index contributed by atoms with van der Waals surface area (Å²) in [6, 6.07) is 3.95. The zero-order chi connectivity index (χ0) is 20.2. The number of carbonyl (C=O) groups is 1. The molecule has 3 atom stereocenters. The Hall–Kier alpha value is -2.75. The third-order valence-electron chi connectivity index (χ3n) is 6.63. The van der Waals surface area contributed by atoms with Gasteiger partial charge in [-0.25, -0.2) is 8.78 Å². The molecule has 3 unspecified atom stereocenters. The molecule has 0 radical (unpaired) electrons. The van der Waals surface area contributed by atoms with Gasteiger partial charge in [0, 0.05) is 30.0 Å². The molecular weight excluding hydrogens is 368 g/mol. The van der Waals surface area contributed by atoms with Crippen LogP contribution in [0.3, 0.4) is 0 Å². The maximum absolute atomic E-state index is 13.6. The summed E-state index contributed by atoms with van der Waals surface area (Å²) in [7, 11) is 0. The third kappa shape index (κ3) is 3.31. The molecule has 0 N–H and O–H groups in total. The highest BCUT2D eigenvalue weighted by atomic mass is 19.2. The lowest BCUT2D eigenvalue weighted by Crippen LogP contribution is -2.38. The van der Waals surface area contributed by atoms with Gasteiger partial charge in [0.2, 0.25) is 5.91 Å². The molecule has 5 rings (SSSR count). The van der Waals surface area contributed by atoms with Crippen LogP contribution in [0.25, 0.3) is 0 Å². The minimum absolute atomic E-state index is 0.0362. The van der Waals surface area contributed by atoms with E-state index in [1.54, 1.807) is 6.07 Å². The molecule has 148 valence electrons. The molecule has 1 saturated heterocycles. The van der Waals surface area contributed by atoms with Crippen molar-refractivity contribution in [1.29, 1.82) is 0 Å². The summed E-state index contributed by atoms with van der Waals surface area (Å²) < 4.78 is 26.7. The lowest BCUT2D eigenvalue weighted by molar-refractivity contribution is -0.131. The summed E-state index contributed by atoms with van der Waals surface area (Å²) in [5.74, 6) is -1.22. The van der Waals surface area contributed by atoms with Crippen molar-refractivity contribution in [2.75, 3.05) is 6.54 Å². The zero-order valence-corrected chi connectivity index (χ0v) is 16.4. The maximum atomic E-state index is 13.6. The molecular formula is C25H23F2NO.